The van der Waals surface area contributed by atoms with Crippen LogP contribution in [-0.4, -0.2) is 23.9 Å². The minimum Gasteiger partial charge on any atom is -0.399 e. The number of carbonyl (C=O) groups is 1. The fraction of sp³-hybridized carbons (Fsp3) is 0.316. The van der Waals surface area contributed by atoms with Gasteiger partial charge in [-0.25, -0.2) is 0 Å². The highest BCUT2D eigenvalue weighted by atomic mass is 16.2. The molecule has 0 radical (unpaired) electrons. The van der Waals surface area contributed by atoms with E-state index in [0.717, 1.165) is 12.8 Å². The molecule has 2 N–H and O–H groups in total. The van der Waals surface area contributed by atoms with E-state index in [4.69, 9.17) is 5.73 Å². The Morgan fingerprint density at radius 2 is 1.86 bits per heavy atom. The second-order valence-corrected chi connectivity index (χ2v) is 5.79. The molecule has 0 fully saturated rings. The first-order valence-electron chi connectivity index (χ1n) is 7.69. The number of amides is 1. The molecule has 0 bridgehead atoms. The zero-order chi connectivity index (χ0) is 16.1. The standard InChI is InChI=1S/C19H24N2O/c1-4-18(12-15-10-8-14(2)9-11-15)21(3)19(22)16-6-5-7-17(20)13-16/h5-11,13,18H,4,12,20H2,1-3H3. The van der Waals surface area contributed by atoms with Crippen LogP contribution in [-0.2, 0) is 6.42 Å². The monoisotopic (exact) mass is 296 g/mol. The summed E-state index contributed by atoms with van der Waals surface area (Å²) in [6, 6.07) is 15.8. The van der Waals surface area contributed by atoms with Gasteiger partial charge < -0.3 is 10.6 Å². The Kier molecular flexibility index (Phi) is 5.21. The van der Waals surface area contributed by atoms with Gasteiger partial charge in [-0.2, -0.15) is 0 Å². The number of nitrogen functional groups attached to an aromatic ring is 1. The van der Waals surface area contributed by atoms with Crippen molar-refractivity contribution in [3.63, 3.8) is 0 Å². The number of hydrogen-bond donors (Lipinski definition) is 1. The van der Waals surface area contributed by atoms with Gasteiger partial charge in [-0.15, -0.1) is 0 Å². The third kappa shape index (κ3) is 3.88. The number of nitrogens with zero attached hydrogens (tertiary/aromatic N) is 1. The summed E-state index contributed by atoms with van der Waals surface area (Å²) < 4.78 is 0. The minimum absolute atomic E-state index is 0.0197. The largest absolute Gasteiger partial charge is 0.399 e. The Hall–Kier alpha value is -2.29. The molecule has 3 nitrogen and oxygen atoms in total. The number of anilines is 1. The van der Waals surface area contributed by atoms with Gasteiger partial charge in [0, 0.05) is 24.3 Å². The molecular weight excluding hydrogens is 272 g/mol. The van der Waals surface area contributed by atoms with E-state index in [-0.39, 0.29) is 11.9 Å². The first kappa shape index (κ1) is 16.1. The van der Waals surface area contributed by atoms with Crippen molar-refractivity contribution < 1.29 is 4.79 Å². The maximum absolute atomic E-state index is 12.6. The lowest BCUT2D eigenvalue weighted by Gasteiger charge is -2.27. The Balaban J connectivity index is 2.12. The van der Waals surface area contributed by atoms with Crippen molar-refractivity contribution in [2.75, 3.05) is 12.8 Å². The molecule has 0 aromatic heterocycles. The Labute approximate surface area is 132 Å². The quantitative estimate of drug-likeness (QED) is 0.856. The molecular formula is C19H24N2O. The van der Waals surface area contributed by atoms with E-state index < -0.39 is 0 Å². The van der Waals surface area contributed by atoms with Gasteiger partial charge in [-0.05, 0) is 43.5 Å². The van der Waals surface area contributed by atoms with Gasteiger partial charge in [0.25, 0.3) is 5.91 Å². The van der Waals surface area contributed by atoms with E-state index in [9.17, 15) is 4.79 Å². The SMILES string of the molecule is CCC(Cc1ccc(C)cc1)N(C)C(=O)c1cccc(N)c1. The summed E-state index contributed by atoms with van der Waals surface area (Å²) in [5.41, 5.74) is 9.54. The van der Waals surface area contributed by atoms with E-state index in [0.29, 0.717) is 11.3 Å². The van der Waals surface area contributed by atoms with Crippen LogP contribution < -0.4 is 5.73 Å². The average Bonchev–Trinajstić information content (AvgIpc) is 2.53. The van der Waals surface area contributed by atoms with Crippen LogP contribution in [0.5, 0.6) is 0 Å². The zero-order valence-electron chi connectivity index (χ0n) is 13.5. The lowest BCUT2D eigenvalue weighted by Crippen LogP contribution is -2.38. The molecule has 0 aliphatic carbocycles. The molecule has 0 heterocycles. The average molecular weight is 296 g/mol. The van der Waals surface area contributed by atoms with Crippen LogP contribution in [0.1, 0.15) is 34.8 Å². The van der Waals surface area contributed by atoms with Crippen LogP contribution >= 0.6 is 0 Å². The van der Waals surface area contributed by atoms with Crippen molar-refractivity contribution in [1.82, 2.24) is 4.90 Å². The first-order chi connectivity index (χ1) is 10.5. The van der Waals surface area contributed by atoms with Gasteiger partial charge in [-0.3, -0.25) is 4.79 Å². The normalized spacial score (nSPS) is 12.0. The number of carbonyl (C=O) groups excluding carboxylic acids is 1. The van der Waals surface area contributed by atoms with Gasteiger partial charge in [-0.1, -0.05) is 42.8 Å². The fourth-order valence-electron chi connectivity index (χ4n) is 2.59. The highest BCUT2D eigenvalue weighted by Gasteiger charge is 2.20. The molecule has 2 aromatic carbocycles. The molecule has 2 rings (SSSR count). The molecule has 2 aromatic rings. The molecule has 22 heavy (non-hydrogen) atoms. The molecule has 0 spiro atoms. The molecule has 1 atom stereocenters. The third-order valence-corrected chi connectivity index (χ3v) is 4.06. The third-order valence-electron chi connectivity index (χ3n) is 4.06. The Bertz CT molecular complexity index is 634. The van der Waals surface area contributed by atoms with Crippen molar-refractivity contribution in [3.8, 4) is 0 Å². The van der Waals surface area contributed by atoms with Crippen molar-refractivity contribution >= 4 is 11.6 Å². The summed E-state index contributed by atoms with van der Waals surface area (Å²) in [6.07, 6.45) is 1.78. The molecule has 0 aliphatic heterocycles. The predicted molar refractivity (Wildman–Crippen MR) is 91.9 cm³/mol. The van der Waals surface area contributed by atoms with Gasteiger partial charge in [0.15, 0.2) is 0 Å². The number of rotatable bonds is 5. The van der Waals surface area contributed by atoms with Crippen LogP contribution in [0.15, 0.2) is 48.5 Å². The summed E-state index contributed by atoms with van der Waals surface area (Å²) in [4.78, 5) is 14.4. The number of aryl methyl sites for hydroxylation is 1. The molecule has 0 aliphatic rings. The van der Waals surface area contributed by atoms with Crippen LogP contribution in [0, 0.1) is 6.92 Å². The fourth-order valence-corrected chi connectivity index (χ4v) is 2.59. The molecule has 1 unspecified atom stereocenters. The number of nitrogens with two attached hydrogens (primary N) is 1. The Morgan fingerprint density at radius 3 is 2.45 bits per heavy atom. The highest BCUT2D eigenvalue weighted by molar-refractivity contribution is 5.95. The van der Waals surface area contributed by atoms with E-state index >= 15 is 0 Å². The van der Waals surface area contributed by atoms with E-state index in [2.05, 4.69) is 38.1 Å². The van der Waals surface area contributed by atoms with Gasteiger partial charge >= 0.3 is 0 Å². The topological polar surface area (TPSA) is 46.3 Å². The highest BCUT2D eigenvalue weighted by Crippen LogP contribution is 2.16. The number of likely N-dealkylation sites (N-methyl/N-ethyl adjacent to an activating group) is 1. The number of hydrogen-bond acceptors (Lipinski definition) is 2. The zero-order valence-corrected chi connectivity index (χ0v) is 13.5. The molecule has 1 amide bonds. The van der Waals surface area contributed by atoms with E-state index in [1.807, 2.05) is 24.1 Å². The van der Waals surface area contributed by atoms with Crippen molar-refractivity contribution in [2.45, 2.75) is 32.7 Å². The molecule has 3 heteroatoms. The van der Waals surface area contributed by atoms with Gasteiger partial charge in [0.05, 0.1) is 0 Å². The maximum atomic E-state index is 12.6. The van der Waals surface area contributed by atoms with E-state index in [1.54, 1.807) is 12.1 Å². The first-order valence-corrected chi connectivity index (χ1v) is 7.69. The smallest absolute Gasteiger partial charge is 0.253 e. The van der Waals surface area contributed by atoms with Crippen LogP contribution in [0.25, 0.3) is 0 Å². The van der Waals surface area contributed by atoms with Gasteiger partial charge in [0.2, 0.25) is 0 Å². The molecule has 0 saturated heterocycles. The second-order valence-electron chi connectivity index (χ2n) is 5.79. The summed E-state index contributed by atoms with van der Waals surface area (Å²) in [5.74, 6) is 0.0197. The summed E-state index contributed by atoms with van der Waals surface area (Å²) in [6.45, 7) is 4.19. The maximum Gasteiger partial charge on any atom is 0.253 e. The Morgan fingerprint density at radius 1 is 1.18 bits per heavy atom. The van der Waals surface area contributed by atoms with Gasteiger partial charge in [0.1, 0.15) is 0 Å². The minimum atomic E-state index is 0.0197. The van der Waals surface area contributed by atoms with Crippen LogP contribution in [0.2, 0.25) is 0 Å². The van der Waals surface area contributed by atoms with Crippen molar-refractivity contribution in [1.29, 1.82) is 0 Å². The summed E-state index contributed by atoms with van der Waals surface area (Å²) in [7, 11) is 1.87. The lowest BCUT2D eigenvalue weighted by atomic mass is 10.0. The number of benzene rings is 2. The molecule has 0 saturated carbocycles. The van der Waals surface area contributed by atoms with E-state index in [1.165, 1.54) is 11.1 Å². The second kappa shape index (κ2) is 7.12. The summed E-state index contributed by atoms with van der Waals surface area (Å²) >= 11 is 0. The van der Waals surface area contributed by atoms with Crippen LogP contribution in [0.3, 0.4) is 0 Å². The predicted octanol–water partition coefficient (Wildman–Crippen LogP) is 3.67. The lowest BCUT2D eigenvalue weighted by molar-refractivity contribution is 0.0727. The van der Waals surface area contributed by atoms with Crippen molar-refractivity contribution in [3.05, 3.63) is 65.2 Å². The molecule has 116 valence electrons. The summed E-state index contributed by atoms with van der Waals surface area (Å²) in [5, 5.41) is 0. The van der Waals surface area contributed by atoms with Crippen molar-refractivity contribution in [2.24, 2.45) is 0 Å². The van der Waals surface area contributed by atoms with Crippen LogP contribution in [0.4, 0.5) is 5.69 Å².